The van der Waals surface area contributed by atoms with Gasteiger partial charge in [-0.3, -0.25) is 9.59 Å². The Bertz CT molecular complexity index is 929. The van der Waals surface area contributed by atoms with Gasteiger partial charge in [-0.1, -0.05) is 30.3 Å². The SMILES string of the molecule is COc1ccc(NC2=C(C(C)=O)[C@@H](c3ccccc3)[C@H](C(C)=O)[C@](C)(O)C2)cc1. The fraction of sp³-hybridized carbons (Fsp3) is 0.333. The molecule has 3 atom stereocenters. The molecule has 152 valence electrons. The molecule has 0 radical (unpaired) electrons. The van der Waals surface area contributed by atoms with Gasteiger partial charge in [0.2, 0.25) is 0 Å². The van der Waals surface area contributed by atoms with E-state index in [0.29, 0.717) is 11.3 Å². The predicted molar refractivity (Wildman–Crippen MR) is 113 cm³/mol. The number of nitrogens with one attached hydrogen (secondary N) is 1. The number of anilines is 1. The fourth-order valence-corrected chi connectivity index (χ4v) is 4.36. The lowest BCUT2D eigenvalue weighted by molar-refractivity contribution is -0.131. The van der Waals surface area contributed by atoms with Crippen LogP contribution in [0.5, 0.6) is 5.75 Å². The number of hydrogen-bond donors (Lipinski definition) is 2. The van der Waals surface area contributed by atoms with Crippen LogP contribution in [0.4, 0.5) is 5.69 Å². The van der Waals surface area contributed by atoms with Crippen molar-refractivity contribution in [2.75, 3.05) is 12.4 Å². The second kappa shape index (κ2) is 8.21. The highest BCUT2D eigenvalue weighted by Crippen LogP contribution is 2.47. The standard InChI is InChI=1S/C24H27NO4/c1-15(26)21-20(25-18-10-12-19(29-4)13-11-18)14-24(3,28)23(16(2)27)22(21)17-8-6-5-7-9-17/h5-13,22-23,25,28H,14H2,1-4H3/t22-,23+,24-/m1/s1. The lowest BCUT2D eigenvalue weighted by Crippen LogP contribution is -2.48. The molecule has 0 amide bonds. The van der Waals surface area contributed by atoms with E-state index in [0.717, 1.165) is 17.0 Å². The normalized spacial score (nSPS) is 24.2. The van der Waals surface area contributed by atoms with E-state index >= 15 is 0 Å². The third kappa shape index (κ3) is 4.25. The molecule has 1 aliphatic carbocycles. The number of allylic oxidation sites excluding steroid dienone is 1. The van der Waals surface area contributed by atoms with Crippen molar-refractivity contribution < 1.29 is 19.4 Å². The van der Waals surface area contributed by atoms with Crippen molar-refractivity contribution in [3.8, 4) is 5.75 Å². The predicted octanol–water partition coefficient (Wildman–Crippen LogP) is 4.09. The van der Waals surface area contributed by atoms with Crippen LogP contribution >= 0.6 is 0 Å². The summed E-state index contributed by atoms with van der Waals surface area (Å²) >= 11 is 0. The van der Waals surface area contributed by atoms with Gasteiger partial charge in [0.25, 0.3) is 0 Å². The molecule has 3 rings (SSSR count). The molecule has 0 unspecified atom stereocenters. The van der Waals surface area contributed by atoms with Gasteiger partial charge in [0, 0.05) is 29.3 Å². The summed E-state index contributed by atoms with van der Waals surface area (Å²) in [5.41, 5.74) is 1.51. The maximum Gasteiger partial charge on any atom is 0.158 e. The molecule has 2 N–H and O–H groups in total. The molecule has 5 nitrogen and oxygen atoms in total. The number of carbonyl (C=O) groups is 2. The van der Waals surface area contributed by atoms with E-state index in [1.54, 1.807) is 14.0 Å². The Balaban J connectivity index is 2.15. The topological polar surface area (TPSA) is 75.6 Å². The molecule has 0 aliphatic heterocycles. The Hall–Kier alpha value is -2.92. The molecule has 0 saturated carbocycles. The van der Waals surface area contributed by atoms with Gasteiger partial charge >= 0.3 is 0 Å². The zero-order chi connectivity index (χ0) is 21.2. The summed E-state index contributed by atoms with van der Waals surface area (Å²) in [5, 5.41) is 14.6. The number of Topliss-reactive ketones (excluding diaryl/α,β-unsaturated/α-hetero) is 2. The maximum atomic E-state index is 12.8. The van der Waals surface area contributed by atoms with Gasteiger partial charge in [0.15, 0.2) is 5.78 Å². The molecular formula is C24H27NO4. The molecule has 29 heavy (non-hydrogen) atoms. The van der Waals surface area contributed by atoms with Crippen LogP contribution in [0.3, 0.4) is 0 Å². The first-order valence-corrected chi connectivity index (χ1v) is 9.67. The van der Waals surface area contributed by atoms with Crippen molar-refractivity contribution in [3.63, 3.8) is 0 Å². The van der Waals surface area contributed by atoms with E-state index < -0.39 is 17.4 Å². The van der Waals surface area contributed by atoms with E-state index in [-0.39, 0.29) is 18.0 Å². The lowest BCUT2D eigenvalue weighted by atomic mass is 9.64. The Morgan fingerprint density at radius 2 is 1.69 bits per heavy atom. The highest BCUT2D eigenvalue weighted by molar-refractivity contribution is 5.98. The van der Waals surface area contributed by atoms with Gasteiger partial charge in [0.1, 0.15) is 11.5 Å². The molecule has 0 spiro atoms. The summed E-state index contributed by atoms with van der Waals surface area (Å²) < 4.78 is 5.20. The van der Waals surface area contributed by atoms with Gasteiger partial charge in [0.05, 0.1) is 18.6 Å². The van der Waals surface area contributed by atoms with E-state index in [4.69, 9.17) is 4.74 Å². The summed E-state index contributed by atoms with van der Waals surface area (Å²) in [7, 11) is 1.60. The Kier molecular flexibility index (Phi) is 5.89. The molecule has 0 saturated heterocycles. The van der Waals surface area contributed by atoms with Crippen molar-refractivity contribution in [1.82, 2.24) is 0 Å². The minimum absolute atomic E-state index is 0.114. The molecular weight excluding hydrogens is 366 g/mol. The molecule has 0 bridgehead atoms. The monoisotopic (exact) mass is 393 g/mol. The molecule has 0 heterocycles. The second-order valence-corrected chi connectivity index (χ2v) is 7.81. The number of methoxy groups -OCH3 is 1. The van der Waals surface area contributed by atoms with Gasteiger partial charge in [-0.15, -0.1) is 0 Å². The molecule has 0 fully saturated rings. The van der Waals surface area contributed by atoms with Gasteiger partial charge in [-0.25, -0.2) is 0 Å². The first-order chi connectivity index (χ1) is 13.7. The Labute approximate surface area is 171 Å². The number of ketones is 2. The minimum Gasteiger partial charge on any atom is -0.497 e. The highest BCUT2D eigenvalue weighted by Gasteiger charge is 2.49. The van der Waals surface area contributed by atoms with Crippen LogP contribution in [0.2, 0.25) is 0 Å². The number of aliphatic hydroxyl groups is 1. The smallest absolute Gasteiger partial charge is 0.158 e. The van der Waals surface area contributed by atoms with Gasteiger partial charge in [-0.2, -0.15) is 0 Å². The zero-order valence-electron chi connectivity index (χ0n) is 17.2. The average Bonchev–Trinajstić information content (AvgIpc) is 2.67. The quantitative estimate of drug-likeness (QED) is 0.773. The average molecular weight is 393 g/mol. The largest absolute Gasteiger partial charge is 0.497 e. The van der Waals surface area contributed by atoms with Crippen molar-refractivity contribution >= 4 is 17.3 Å². The van der Waals surface area contributed by atoms with Crippen LogP contribution in [0.25, 0.3) is 0 Å². The fourth-order valence-electron chi connectivity index (χ4n) is 4.36. The zero-order valence-corrected chi connectivity index (χ0v) is 17.2. The van der Waals surface area contributed by atoms with E-state index in [2.05, 4.69) is 5.32 Å². The lowest BCUT2D eigenvalue weighted by Gasteiger charge is -2.43. The third-order valence-corrected chi connectivity index (χ3v) is 5.54. The Morgan fingerprint density at radius 1 is 1.07 bits per heavy atom. The first kappa shape index (κ1) is 20.8. The molecule has 1 aliphatic rings. The first-order valence-electron chi connectivity index (χ1n) is 9.67. The van der Waals surface area contributed by atoms with Crippen molar-refractivity contribution in [3.05, 3.63) is 71.4 Å². The summed E-state index contributed by atoms with van der Waals surface area (Å²) in [5.74, 6) is -0.741. The van der Waals surface area contributed by atoms with E-state index in [9.17, 15) is 14.7 Å². The van der Waals surface area contributed by atoms with Crippen LogP contribution < -0.4 is 10.1 Å². The molecule has 5 heteroatoms. The summed E-state index contributed by atoms with van der Waals surface area (Å²) in [4.78, 5) is 25.3. The number of benzene rings is 2. The van der Waals surface area contributed by atoms with Crippen molar-refractivity contribution in [2.24, 2.45) is 5.92 Å². The van der Waals surface area contributed by atoms with Crippen LogP contribution in [0, 0.1) is 5.92 Å². The third-order valence-electron chi connectivity index (χ3n) is 5.54. The summed E-state index contributed by atoms with van der Waals surface area (Å²) in [6, 6.07) is 16.8. The summed E-state index contributed by atoms with van der Waals surface area (Å²) in [6.45, 7) is 4.66. The molecule has 0 aromatic heterocycles. The Morgan fingerprint density at radius 3 is 2.21 bits per heavy atom. The number of hydrogen-bond acceptors (Lipinski definition) is 5. The maximum absolute atomic E-state index is 12.8. The number of ether oxygens (including phenoxy) is 1. The number of carbonyl (C=O) groups excluding carboxylic acids is 2. The van der Waals surface area contributed by atoms with Crippen LogP contribution in [0.15, 0.2) is 65.9 Å². The van der Waals surface area contributed by atoms with Crippen molar-refractivity contribution in [2.45, 2.75) is 38.7 Å². The van der Waals surface area contributed by atoms with Crippen LogP contribution in [-0.4, -0.2) is 29.4 Å². The van der Waals surface area contributed by atoms with Gasteiger partial charge in [-0.05, 0) is 50.6 Å². The van der Waals surface area contributed by atoms with Gasteiger partial charge < -0.3 is 15.2 Å². The summed E-state index contributed by atoms with van der Waals surface area (Å²) in [6.07, 6.45) is 0.182. The van der Waals surface area contributed by atoms with Crippen LogP contribution in [0.1, 0.15) is 38.7 Å². The molecule has 2 aromatic carbocycles. The van der Waals surface area contributed by atoms with E-state index in [1.165, 1.54) is 13.8 Å². The minimum atomic E-state index is -1.29. The van der Waals surface area contributed by atoms with Crippen molar-refractivity contribution in [1.29, 1.82) is 0 Å². The second-order valence-electron chi connectivity index (χ2n) is 7.81. The van der Waals surface area contributed by atoms with E-state index in [1.807, 2.05) is 54.6 Å². The number of rotatable bonds is 6. The molecule has 2 aromatic rings. The highest BCUT2D eigenvalue weighted by atomic mass is 16.5. The van der Waals surface area contributed by atoms with Crippen LogP contribution in [-0.2, 0) is 9.59 Å².